The maximum Gasteiger partial charge on any atom is 0.255 e. The van der Waals surface area contributed by atoms with E-state index in [1.165, 1.54) is 25.6 Å². The summed E-state index contributed by atoms with van der Waals surface area (Å²) in [6.07, 6.45) is 0.698. The highest BCUT2D eigenvalue weighted by Crippen LogP contribution is 2.27. The van der Waals surface area contributed by atoms with Gasteiger partial charge in [0.25, 0.3) is 5.91 Å². The van der Waals surface area contributed by atoms with Crippen molar-refractivity contribution in [3.05, 3.63) is 54.1 Å². The van der Waals surface area contributed by atoms with Crippen molar-refractivity contribution < 1.29 is 19.1 Å². The summed E-state index contributed by atoms with van der Waals surface area (Å²) in [7, 11) is 3.01. The number of amides is 2. The van der Waals surface area contributed by atoms with E-state index in [1.54, 1.807) is 18.2 Å². The highest BCUT2D eigenvalue weighted by molar-refractivity contribution is 7.18. The highest BCUT2D eigenvalue weighted by Gasteiger charge is 2.28. The molecule has 3 rings (SSSR count). The number of carbonyl (C=O) groups is 2. The third-order valence-corrected chi connectivity index (χ3v) is 6.00. The van der Waals surface area contributed by atoms with Crippen molar-refractivity contribution in [1.29, 1.82) is 0 Å². The van der Waals surface area contributed by atoms with Gasteiger partial charge in [0.1, 0.15) is 22.5 Å². The third-order valence-electron chi connectivity index (χ3n) is 5.11. The van der Waals surface area contributed by atoms with Gasteiger partial charge in [0.2, 0.25) is 11.0 Å². The number of rotatable bonds is 9. The van der Waals surface area contributed by atoms with Crippen LogP contribution in [0.2, 0.25) is 0 Å². The number of nitrogens with one attached hydrogen (secondary N) is 2. The van der Waals surface area contributed by atoms with E-state index < -0.39 is 11.9 Å². The van der Waals surface area contributed by atoms with Gasteiger partial charge in [-0.05, 0) is 18.1 Å². The fraction of sp³-hybridized carbons (Fsp3) is 0.304. The van der Waals surface area contributed by atoms with Crippen LogP contribution >= 0.6 is 11.3 Å². The van der Waals surface area contributed by atoms with Gasteiger partial charge in [0.05, 0.1) is 19.8 Å². The molecule has 0 fully saturated rings. The summed E-state index contributed by atoms with van der Waals surface area (Å²) in [6, 6.07) is 13.7. The van der Waals surface area contributed by atoms with Crippen molar-refractivity contribution in [2.45, 2.75) is 26.3 Å². The predicted molar refractivity (Wildman–Crippen MR) is 124 cm³/mol. The van der Waals surface area contributed by atoms with Crippen molar-refractivity contribution in [1.82, 2.24) is 15.5 Å². The molecule has 0 spiro atoms. The third kappa shape index (κ3) is 5.42. The molecule has 9 heteroatoms. The molecule has 168 valence electrons. The summed E-state index contributed by atoms with van der Waals surface area (Å²) in [5, 5.41) is 14.9. The van der Waals surface area contributed by atoms with Gasteiger partial charge < -0.3 is 14.8 Å². The van der Waals surface area contributed by atoms with E-state index in [0.717, 1.165) is 5.56 Å². The molecule has 0 aliphatic heterocycles. The maximum absolute atomic E-state index is 13.0. The Morgan fingerprint density at radius 2 is 1.81 bits per heavy atom. The minimum Gasteiger partial charge on any atom is -0.497 e. The zero-order valence-corrected chi connectivity index (χ0v) is 19.2. The van der Waals surface area contributed by atoms with Crippen LogP contribution in [-0.4, -0.2) is 42.3 Å². The Morgan fingerprint density at radius 1 is 1.06 bits per heavy atom. The Labute approximate surface area is 191 Å². The number of hydrogen-bond donors (Lipinski definition) is 2. The lowest BCUT2D eigenvalue weighted by Gasteiger charge is -2.23. The first-order valence-corrected chi connectivity index (χ1v) is 11.0. The van der Waals surface area contributed by atoms with Gasteiger partial charge in [-0.2, -0.15) is 0 Å². The molecule has 0 radical (unpaired) electrons. The van der Waals surface area contributed by atoms with Gasteiger partial charge in [-0.25, -0.2) is 0 Å². The molecule has 0 bridgehead atoms. The van der Waals surface area contributed by atoms with Crippen molar-refractivity contribution in [3.63, 3.8) is 0 Å². The fourth-order valence-corrected chi connectivity index (χ4v) is 3.81. The molecule has 3 aromatic rings. The first kappa shape index (κ1) is 23.2. The number of ether oxygens (including phenoxy) is 2. The highest BCUT2D eigenvalue weighted by atomic mass is 32.1. The first-order chi connectivity index (χ1) is 15.5. The first-order valence-electron chi connectivity index (χ1n) is 10.2. The standard InChI is InChI=1S/C23H26N4O4S/c1-5-14(2)19(24-20(28)17-12-11-16(30-3)13-18(17)31-4)21(29)25-23-27-26-22(32-23)15-9-7-6-8-10-15/h6-14,19H,5H2,1-4H3,(H,24,28)(H,25,27,29). The quantitative estimate of drug-likeness (QED) is 0.507. The van der Waals surface area contributed by atoms with Crippen LogP contribution in [0.3, 0.4) is 0 Å². The number of methoxy groups -OCH3 is 2. The van der Waals surface area contributed by atoms with Gasteiger partial charge in [-0.1, -0.05) is 61.9 Å². The summed E-state index contributed by atoms with van der Waals surface area (Å²) < 4.78 is 10.5. The summed E-state index contributed by atoms with van der Waals surface area (Å²) in [5.74, 6) is 0.0646. The molecule has 0 saturated carbocycles. The molecule has 2 aromatic carbocycles. The van der Waals surface area contributed by atoms with Crippen molar-refractivity contribution >= 4 is 28.3 Å². The second-order valence-electron chi connectivity index (χ2n) is 7.17. The Bertz CT molecular complexity index is 1070. The Hall–Kier alpha value is -3.46. The lowest BCUT2D eigenvalue weighted by molar-refractivity contribution is -0.119. The monoisotopic (exact) mass is 454 g/mol. The Balaban J connectivity index is 1.76. The van der Waals surface area contributed by atoms with Gasteiger partial charge in [-0.3, -0.25) is 14.9 Å². The number of hydrogen-bond acceptors (Lipinski definition) is 7. The number of nitrogens with zero attached hydrogens (tertiary/aromatic N) is 2. The number of carbonyl (C=O) groups excluding carboxylic acids is 2. The van der Waals surface area contributed by atoms with Crippen molar-refractivity contribution in [2.24, 2.45) is 5.92 Å². The van der Waals surface area contributed by atoms with E-state index in [0.29, 0.717) is 33.6 Å². The smallest absolute Gasteiger partial charge is 0.255 e. The number of benzene rings is 2. The van der Waals surface area contributed by atoms with Gasteiger partial charge in [0.15, 0.2) is 0 Å². The minimum atomic E-state index is -0.761. The van der Waals surface area contributed by atoms with Crippen LogP contribution in [0.4, 0.5) is 5.13 Å². The molecule has 0 saturated heterocycles. The topological polar surface area (TPSA) is 102 Å². The van der Waals surface area contributed by atoms with E-state index in [2.05, 4.69) is 20.8 Å². The number of aromatic nitrogens is 2. The average Bonchev–Trinajstić information content (AvgIpc) is 3.30. The molecule has 2 atom stereocenters. The zero-order chi connectivity index (χ0) is 23.1. The molecule has 1 aromatic heterocycles. The van der Waals surface area contributed by atoms with E-state index >= 15 is 0 Å². The molecule has 32 heavy (non-hydrogen) atoms. The van der Waals surface area contributed by atoms with Gasteiger partial charge in [-0.15, -0.1) is 10.2 Å². The lowest BCUT2D eigenvalue weighted by atomic mass is 9.98. The van der Waals surface area contributed by atoms with Crippen molar-refractivity contribution in [3.8, 4) is 22.1 Å². The van der Waals surface area contributed by atoms with Crippen LogP contribution in [0.5, 0.6) is 11.5 Å². The molecule has 0 aliphatic carbocycles. The predicted octanol–water partition coefficient (Wildman–Crippen LogP) is 4.01. The van der Waals surface area contributed by atoms with E-state index in [4.69, 9.17) is 9.47 Å². The van der Waals surface area contributed by atoms with Gasteiger partial charge >= 0.3 is 0 Å². The maximum atomic E-state index is 13.0. The SMILES string of the molecule is CCC(C)C(NC(=O)c1ccc(OC)cc1OC)C(=O)Nc1nnc(-c2ccccc2)s1. The largest absolute Gasteiger partial charge is 0.497 e. The van der Waals surface area contributed by atoms with Gasteiger partial charge in [0, 0.05) is 11.6 Å². The Kier molecular flexibility index (Phi) is 7.77. The second kappa shape index (κ2) is 10.7. The van der Waals surface area contributed by atoms with Crippen LogP contribution in [0.1, 0.15) is 30.6 Å². The summed E-state index contributed by atoms with van der Waals surface area (Å²) in [6.45, 7) is 3.87. The molecule has 1 heterocycles. The molecule has 8 nitrogen and oxygen atoms in total. The summed E-state index contributed by atoms with van der Waals surface area (Å²) >= 11 is 1.28. The zero-order valence-electron chi connectivity index (χ0n) is 18.4. The van der Waals surface area contributed by atoms with Crippen LogP contribution in [-0.2, 0) is 4.79 Å². The van der Waals surface area contributed by atoms with E-state index in [1.807, 2.05) is 44.2 Å². The molecule has 2 amide bonds. The summed E-state index contributed by atoms with van der Waals surface area (Å²) in [5.41, 5.74) is 1.24. The Morgan fingerprint density at radius 3 is 2.47 bits per heavy atom. The average molecular weight is 455 g/mol. The van der Waals surface area contributed by atoms with Crippen LogP contribution in [0, 0.1) is 5.92 Å². The van der Waals surface area contributed by atoms with Crippen LogP contribution < -0.4 is 20.1 Å². The lowest BCUT2D eigenvalue weighted by Crippen LogP contribution is -2.47. The molecule has 2 unspecified atom stereocenters. The minimum absolute atomic E-state index is 0.107. The van der Waals surface area contributed by atoms with Crippen LogP contribution in [0.15, 0.2) is 48.5 Å². The normalized spacial score (nSPS) is 12.5. The second-order valence-corrected chi connectivity index (χ2v) is 8.15. The fourth-order valence-electron chi connectivity index (χ4n) is 3.06. The molecule has 0 aliphatic rings. The van der Waals surface area contributed by atoms with E-state index in [-0.39, 0.29) is 11.8 Å². The molecular weight excluding hydrogens is 428 g/mol. The van der Waals surface area contributed by atoms with E-state index in [9.17, 15) is 9.59 Å². The van der Waals surface area contributed by atoms with Crippen LogP contribution in [0.25, 0.3) is 10.6 Å². The molecular formula is C23H26N4O4S. The van der Waals surface area contributed by atoms with Crippen molar-refractivity contribution in [2.75, 3.05) is 19.5 Å². The number of anilines is 1. The molecule has 2 N–H and O–H groups in total. The summed E-state index contributed by atoms with van der Waals surface area (Å²) in [4.78, 5) is 26.0.